The Morgan fingerprint density at radius 3 is 2.36 bits per heavy atom. The molecule has 0 aliphatic carbocycles. The van der Waals surface area contributed by atoms with Crippen molar-refractivity contribution in [3.63, 3.8) is 0 Å². The molecule has 6 nitrogen and oxygen atoms in total. The highest BCUT2D eigenvalue weighted by Crippen LogP contribution is 2.31. The van der Waals surface area contributed by atoms with Crippen LogP contribution in [0, 0.1) is 20.8 Å². The molecule has 0 bridgehead atoms. The lowest BCUT2D eigenvalue weighted by Crippen LogP contribution is -2.16. The molecule has 25 heavy (non-hydrogen) atoms. The maximum Gasteiger partial charge on any atom is 0.262 e. The van der Waals surface area contributed by atoms with Gasteiger partial charge in [0.05, 0.1) is 11.3 Å². The third kappa shape index (κ3) is 3.88. The van der Waals surface area contributed by atoms with Crippen molar-refractivity contribution in [1.29, 1.82) is 0 Å². The molecule has 3 rings (SSSR count). The van der Waals surface area contributed by atoms with Gasteiger partial charge in [0.15, 0.2) is 0 Å². The van der Waals surface area contributed by atoms with Crippen LogP contribution in [0.2, 0.25) is 0 Å². The number of rotatable bonds is 4. The number of aryl methyl sites for hydroxylation is 4. The molecule has 0 unspecified atom stereocenters. The van der Waals surface area contributed by atoms with Crippen LogP contribution in [-0.2, 0) is 7.05 Å². The summed E-state index contributed by atoms with van der Waals surface area (Å²) in [6.45, 7) is 5.57. The predicted octanol–water partition coefficient (Wildman–Crippen LogP) is 3.54. The third-order valence-electron chi connectivity index (χ3n) is 3.56. The highest BCUT2D eigenvalue weighted by atomic mass is 32.2. The van der Waals surface area contributed by atoms with Crippen molar-refractivity contribution in [3.8, 4) is 0 Å². The van der Waals surface area contributed by atoms with Crippen LogP contribution in [0.3, 0.4) is 0 Å². The second-order valence-corrected chi connectivity index (χ2v) is 6.79. The molecule has 0 aliphatic rings. The van der Waals surface area contributed by atoms with Crippen LogP contribution < -0.4 is 5.32 Å². The Hall–Kier alpha value is -2.67. The van der Waals surface area contributed by atoms with E-state index in [-0.39, 0.29) is 5.91 Å². The van der Waals surface area contributed by atoms with E-state index in [0.717, 1.165) is 21.3 Å². The van der Waals surface area contributed by atoms with E-state index in [9.17, 15) is 4.79 Å². The number of aromatic nitrogens is 4. The molecule has 0 aliphatic heterocycles. The molecule has 0 saturated carbocycles. The molecule has 0 atom stereocenters. The van der Waals surface area contributed by atoms with Gasteiger partial charge in [-0.15, -0.1) is 0 Å². The maximum atomic E-state index is 12.8. The minimum Gasteiger partial charge on any atom is -0.290 e. The fourth-order valence-electron chi connectivity index (χ4n) is 2.56. The molecular weight excluding hydrogens is 334 g/mol. The fourth-order valence-corrected chi connectivity index (χ4v) is 3.59. The Morgan fingerprint density at radius 2 is 1.72 bits per heavy atom. The number of carbonyl (C=O) groups excluding carboxylic acids is 1. The van der Waals surface area contributed by atoms with Crippen molar-refractivity contribution in [1.82, 2.24) is 19.7 Å². The van der Waals surface area contributed by atoms with Crippen LogP contribution in [0.15, 0.2) is 46.3 Å². The summed E-state index contributed by atoms with van der Waals surface area (Å²) in [7, 11) is 1.84. The molecule has 2 aromatic heterocycles. The van der Waals surface area contributed by atoms with Gasteiger partial charge in [-0.3, -0.25) is 14.8 Å². The average molecular weight is 353 g/mol. The van der Waals surface area contributed by atoms with E-state index in [4.69, 9.17) is 0 Å². The van der Waals surface area contributed by atoms with Crippen molar-refractivity contribution in [2.24, 2.45) is 7.05 Å². The highest BCUT2D eigenvalue weighted by molar-refractivity contribution is 7.99. The molecule has 128 valence electrons. The van der Waals surface area contributed by atoms with Crippen molar-refractivity contribution in [3.05, 3.63) is 59.0 Å². The SMILES string of the molecule is Cc1cc(C)nc(NC(=O)c2c(C)nn(C)c2Sc2ccccc2)n1. The molecule has 3 aromatic rings. The van der Waals surface area contributed by atoms with Crippen LogP contribution in [0.25, 0.3) is 0 Å². The second kappa shape index (κ2) is 7.06. The minimum absolute atomic E-state index is 0.256. The number of nitrogens with one attached hydrogen (secondary N) is 1. The predicted molar refractivity (Wildman–Crippen MR) is 98.0 cm³/mol. The first-order valence-corrected chi connectivity index (χ1v) is 8.66. The smallest absolute Gasteiger partial charge is 0.262 e. The van der Waals surface area contributed by atoms with E-state index >= 15 is 0 Å². The van der Waals surface area contributed by atoms with Crippen molar-refractivity contribution < 1.29 is 4.79 Å². The quantitative estimate of drug-likeness (QED) is 0.777. The summed E-state index contributed by atoms with van der Waals surface area (Å²) < 4.78 is 1.73. The summed E-state index contributed by atoms with van der Waals surface area (Å²) in [5.41, 5.74) is 2.83. The largest absolute Gasteiger partial charge is 0.290 e. The Bertz CT molecular complexity index is 900. The van der Waals surface area contributed by atoms with Gasteiger partial charge in [-0.25, -0.2) is 9.97 Å². The van der Waals surface area contributed by atoms with Crippen molar-refractivity contribution in [2.75, 3.05) is 5.32 Å². The van der Waals surface area contributed by atoms with Gasteiger partial charge in [0, 0.05) is 23.3 Å². The van der Waals surface area contributed by atoms with E-state index < -0.39 is 0 Å². The fraction of sp³-hybridized carbons (Fsp3) is 0.222. The molecule has 0 saturated heterocycles. The van der Waals surface area contributed by atoms with E-state index in [1.807, 2.05) is 64.2 Å². The Labute approximate surface area is 150 Å². The Balaban J connectivity index is 1.92. The lowest BCUT2D eigenvalue weighted by Gasteiger charge is -2.08. The van der Waals surface area contributed by atoms with Gasteiger partial charge < -0.3 is 0 Å². The topological polar surface area (TPSA) is 72.7 Å². The van der Waals surface area contributed by atoms with Crippen molar-refractivity contribution >= 4 is 23.6 Å². The second-order valence-electron chi connectivity index (χ2n) is 5.73. The number of nitrogens with zero attached hydrogens (tertiary/aromatic N) is 4. The molecule has 1 amide bonds. The third-order valence-corrected chi connectivity index (χ3v) is 4.73. The molecule has 1 aromatic carbocycles. The molecule has 2 heterocycles. The maximum absolute atomic E-state index is 12.8. The number of carbonyl (C=O) groups is 1. The van der Waals surface area contributed by atoms with Gasteiger partial charge in [0.1, 0.15) is 5.03 Å². The van der Waals surface area contributed by atoms with Crippen LogP contribution in [0.5, 0.6) is 0 Å². The van der Waals surface area contributed by atoms with Gasteiger partial charge in [0.2, 0.25) is 5.95 Å². The van der Waals surface area contributed by atoms with Gasteiger partial charge in [-0.1, -0.05) is 30.0 Å². The average Bonchev–Trinajstić information content (AvgIpc) is 2.81. The molecule has 1 N–H and O–H groups in total. The van der Waals surface area contributed by atoms with Crippen LogP contribution >= 0.6 is 11.8 Å². The number of anilines is 1. The zero-order valence-corrected chi connectivity index (χ0v) is 15.4. The standard InChI is InChI=1S/C18H19N5OS/c1-11-10-12(2)20-18(19-11)21-16(24)15-13(3)22-23(4)17(15)25-14-8-6-5-7-9-14/h5-10H,1-4H3,(H,19,20,21,24). The van der Waals surface area contributed by atoms with E-state index in [0.29, 0.717) is 17.2 Å². The summed E-state index contributed by atoms with van der Waals surface area (Å²) in [6, 6.07) is 11.8. The normalized spacial score (nSPS) is 10.7. The molecule has 7 heteroatoms. The number of hydrogen-bond acceptors (Lipinski definition) is 5. The van der Waals surface area contributed by atoms with Gasteiger partial charge in [0.25, 0.3) is 5.91 Å². The number of amides is 1. The van der Waals surface area contributed by atoms with Gasteiger partial charge in [-0.2, -0.15) is 5.10 Å². The van der Waals surface area contributed by atoms with E-state index in [1.54, 1.807) is 4.68 Å². The van der Waals surface area contributed by atoms with Crippen LogP contribution in [-0.4, -0.2) is 25.7 Å². The molecular formula is C18H19N5OS. The lowest BCUT2D eigenvalue weighted by molar-refractivity contribution is 0.102. The minimum atomic E-state index is -0.256. The van der Waals surface area contributed by atoms with E-state index in [1.165, 1.54) is 11.8 Å². The summed E-state index contributed by atoms with van der Waals surface area (Å²) in [5, 5.41) is 7.97. The summed E-state index contributed by atoms with van der Waals surface area (Å²) in [5.74, 6) is 0.0513. The Kier molecular flexibility index (Phi) is 4.85. The first-order valence-electron chi connectivity index (χ1n) is 7.84. The summed E-state index contributed by atoms with van der Waals surface area (Å²) >= 11 is 1.51. The lowest BCUT2D eigenvalue weighted by atomic mass is 10.2. The Morgan fingerprint density at radius 1 is 1.08 bits per heavy atom. The summed E-state index contributed by atoms with van der Waals surface area (Å²) in [6.07, 6.45) is 0. The summed E-state index contributed by atoms with van der Waals surface area (Å²) in [4.78, 5) is 22.4. The number of benzene rings is 1. The zero-order valence-electron chi connectivity index (χ0n) is 14.6. The first-order chi connectivity index (χ1) is 11.9. The molecule has 0 spiro atoms. The van der Waals surface area contributed by atoms with E-state index in [2.05, 4.69) is 20.4 Å². The van der Waals surface area contributed by atoms with Crippen LogP contribution in [0.4, 0.5) is 5.95 Å². The molecule has 0 radical (unpaired) electrons. The van der Waals surface area contributed by atoms with Crippen LogP contribution in [0.1, 0.15) is 27.4 Å². The number of hydrogen-bond donors (Lipinski definition) is 1. The first kappa shape index (κ1) is 17.2. The van der Waals surface area contributed by atoms with Gasteiger partial charge >= 0.3 is 0 Å². The van der Waals surface area contributed by atoms with Gasteiger partial charge in [-0.05, 0) is 39.0 Å². The van der Waals surface area contributed by atoms with Crippen molar-refractivity contribution in [2.45, 2.75) is 30.7 Å². The monoisotopic (exact) mass is 353 g/mol. The highest BCUT2D eigenvalue weighted by Gasteiger charge is 2.22. The zero-order chi connectivity index (χ0) is 18.0. The molecule has 0 fully saturated rings.